The molecule has 8 aromatic rings. The molecule has 1 N–H and O–H groups in total. The molecule has 0 saturated carbocycles. The van der Waals surface area contributed by atoms with E-state index in [1.165, 1.54) is 16.3 Å². The van der Waals surface area contributed by atoms with Crippen molar-refractivity contribution >= 4 is 24.3 Å². The van der Waals surface area contributed by atoms with E-state index in [0.717, 1.165) is 61.5 Å². The molecule has 8 rings (SSSR count). The molecule has 3 heterocycles. The van der Waals surface area contributed by atoms with Crippen LogP contribution in [0.25, 0.3) is 72.9 Å². The number of rotatable bonds is 7. The molecule has 58 heavy (non-hydrogen) atoms. The summed E-state index contributed by atoms with van der Waals surface area (Å²) in [6.45, 7) is 20.0. The molecule has 0 aliphatic carbocycles. The third-order valence-electron chi connectivity index (χ3n) is 10.9. The van der Waals surface area contributed by atoms with Gasteiger partial charge in [0.15, 0.2) is 5.82 Å². The molecule has 5 nitrogen and oxygen atoms in total. The summed E-state index contributed by atoms with van der Waals surface area (Å²) in [4.78, 5) is 15.8. The van der Waals surface area contributed by atoms with Crippen LogP contribution in [0.5, 0.6) is 5.75 Å². The molecule has 0 saturated heterocycles. The topological polar surface area (TPSA) is 63.8 Å². The van der Waals surface area contributed by atoms with Crippen molar-refractivity contribution in [3.05, 3.63) is 157 Å². The molecule has 0 aliphatic rings. The van der Waals surface area contributed by atoms with Gasteiger partial charge >= 0.3 is 0 Å². The summed E-state index contributed by atoms with van der Waals surface area (Å²) in [6.07, 6.45) is 2.12. The minimum absolute atomic E-state index is 0.157. The Balaban J connectivity index is 1.41. The quantitative estimate of drug-likeness (QED) is 0.164. The van der Waals surface area contributed by atoms with Crippen molar-refractivity contribution < 1.29 is 5.11 Å². The van der Waals surface area contributed by atoms with E-state index in [1.807, 2.05) is 18.2 Å². The van der Waals surface area contributed by atoms with Gasteiger partial charge in [0.25, 0.3) is 0 Å². The Bertz CT molecular complexity index is 2770. The summed E-state index contributed by atoms with van der Waals surface area (Å²) in [6, 6.07) is 49.0. The highest BCUT2D eigenvalue weighted by Gasteiger charge is 2.30. The van der Waals surface area contributed by atoms with Crippen LogP contribution in [0.15, 0.2) is 146 Å². The van der Waals surface area contributed by atoms with Gasteiger partial charge in [-0.15, -0.1) is 0 Å². The molecular weight excluding hydrogens is 725 g/mol. The maximum atomic E-state index is 12.1. The Kier molecular flexibility index (Phi) is 9.81. The fourth-order valence-corrected chi connectivity index (χ4v) is 9.25. The van der Waals surface area contributed by atoms with E-state index in [9.17, 15) is 5.11 Å². The number of para-hydroxylation sites is 2. The van der Waals surface area contributed by atoms with Gasteiger partial charge in [-0.3, -0.25) is 9.55 Å². The van der Waals surface area contributed by atoms with Crippen molar-refractivity contribution in [2.45, 2.75) is 72.0 Å². The first-order valence-electron chi connectivity index (χ1n) is 20.2. The zero-order chi connectivity index (χ0) is 41.0. The maximum absolute atomic E-state index is 12.1. The maximum Gasteiger partial charge on any atom is 0.168 e. The zero-order valence-electron chi connectivity index (χ0n) is 35.1. The number of fused-ring (bicyclic) bond motifs is 1. The van der Waals surface area contributed by atoms with Crippen LogP contribution in [0.3, 0.4) is 0 Å². The molecule has 6 heteroatoms. The van der Waals surface area contributed by atoms with E-state index < -0.39 is 8.07 Å². The number of hydrogen-bond acceptors (Lipinski definition) is 4. The number of imidazole rings is 1. The van der Waals surface area contributed by atoms with Gasteiger partial charge in [-0.25, -0.2) is 9.97 Å². The lowest BCUT2D eigenvalue weighted by Gasteiger charge is -2.26. The summed E-state index contributed by atoms with van der Waals surface area (Å²) in [7, 11) is -1.73. The van der Waals surface area contributed by atoms with Crippen molar-refractivity contribution in [1.29, 1.82) is 0 Å². The average molecular weight is 777 g/mol. The Labute approximate surface area is 344 Å². The van der Waals surface area contributed by atoms with E-state index in [1.54, 1.807) is 0 Å². The highest BCUT2D eigenvalue weighted by molar-refractivity contribution is 6.89. The summed E-state index contributed by atoms with van der Waals surface area (Å²) in [5.41, 5.74) is 12.9. The van der Waals surface area contributed by atoms with E-state index in [-0.39, 0.29) is 16.6 Å². The number of nitrogens with zero attached hydrogens (tertiary/aromatic N) is 4. The molecule has 0 unspecified atom stereocenters. The van der Waals surface area contributed by atoms with Crippen molar-refractivity contribution in [3.8, 4) is 67.6 Å². The summed E-state index contributed by atoms with van der Waals surface area (Å²) >= 11 is 0. The van der Waals surface area contributed by atoms with Crippen LogP contribution in [0, 0.1) is 0 Å². The van der Waals surface area contributed by atoms with E-state index >= 15 is 0 Å². The number of hydrogen-bond donors (Lipinski definition) is 1. The van der Waals surface area contributed by atoms with Gasteiger partial charge in [0.2, 0.25) is 0 Å². The summed E-state index contributed by atoms with van der Waals surface area (Å²) < 4.78 is 2.14. The Morgan fingerprint density at radius 3 is 1.78 bits per heavy atom. The van der Waals surface area contributed by atoms with E-state index in [0.29, 0.717) is 11.5 Å². The molecule has 0 aliphatic heterocycles. The molecule has 0 amide bonds. The predicted molar refractivity (Wildman–Crippen MR) is 246 cm³/mol. The summed E-state index contributed by atoms with van der Waals surface area (Å²) in [5.74, 6) is 0.753. The average Bonchev–Trinajstić information content (AvgIpc) is 3.60. The lowest BCUT2D eigenvalue weighted by atomic mass is 9.82. The number of benzene rings is 5. The SMILES string of the molecule is CC(C)(C)c1cc(C(C)(C)C)c(O)c(-c2nc3c(-c4cc(-c5ccccc5)cc(-c5cc(-c6ccccc6)c([Si](C)(C)C)cn5)c4)cccc3n2-c2ccccc2)n1. The number of aromatic nitrogens is 4. The molecule has 0 atom stereocenters. The number of aromatic hydroxyl groups is 1. The van der Waals surface area contributed by atoms with E-state index in [2.05, 4.69) is 193 Å². The first kappa shape index (κ1) is 38.7. The largest absolute Gasteiger partial charge is 0.505 e. The Morgan fingerprint density at radius 1 is 0.552 bits per heavy atom. The van der Waals surface area contributed by atoms with Gasteiger partial charge in [-0.2, -0.15) is 0 Å². The number of pyridine rings is 2. The fraction of sp³-hybridized carbons (Fsp3) is 0.212. The van der Waals surface area contributed by atoms with Gasteiger partial charge in [0.1, 0.15) is 11.4 Å². The molecule has 5 aromatic carbocycles. The molecule has 3 aromatic heterocycles. The van der Waals surface area contributed by atoms with Gasteiger partial charge in [0.05, 0.1) is 24.8 Å². The molecule has 0 bridgehead atoms. The second-order valence-electron chi connectivity index (χ2n) is 18.4. The van der Waals surface area contributed by atoms with Crippen LogP contribution >= 0.6 is 0 Å². The van der Waals surface area contributed by atoms with Gasteiger partial charge in [-0.05, 0) is 86.9 Å². The van der Waals surface area contributed by atoms with Crippen molar-refractivity contribution in [2.24, 2.45) is 0 Å². The van der Waals surface area contributed by atoms with Crippen LogP contribution in [0.2, 0.25) is 19.6 Å². The van der Waals surface area contributed by atoms with Gasteiger partial charge < -0.3 is 5.11 Å². The van der Waals surface area contributed by atoms with E-state index in [4.69, 9.17) is 15.0 Å². The fourth-order valence-electron chi connectivity index (χ4n) is 7.78. The van der Waals surface area contributed by atoms with Crippen molar-refractivity contribution in [2.75, 3.05) is 0 Å². The molecule has 290 valence electrons. The minimum atomic E-state index is -1.73. The first-order chi connectivity index (χ1) is 27.6. The van der Waals surface area contributed by atoms with Crippen molar-refractivity contribution in [3.63, 3.8) is 0 Å². The highest BCUT2D eigenvalue weighted by atomic mass is 28.3. The third-order valence-corrected chi connectivity index (χ3v) is 12.9. The van der Waals surface area contributed by atoms with Gasteiger partial charge in [0, 0.05) is 39.7 Å². The Hall–Kier alpha value is -6.11. The first-order valence-corrected chi connectivity index (χ1v) is 23.7. The molecule has 0 fully saturated rings. The standard InChI is InChI=1S/C52H52N4OSi/c1-51(2,3)42-32-46(52(4,5)6)54-48(49(42)57)50-55-47-40(26-19-27-44(47)56(50)39-24-17-12-18-25-39)37-28-36(34-20-13-10-14-21-34)29-38(30-37)43-31-41(35-22-15-11-16-23-35)45(33-53-43)58(7,8)9/h10-33,57H,1-9H3. The minimum Gasteiger partial charge on any atom is -0.505 e. The molecule has 0 radical (unpaired) electrons. The lowest BCUT2D eigenvalue weighted by molar-refractivity contribution is 0.441. The lowest BCUT2D eigenvalue weighted by Crippen LogP contribution is -2.39. The van der Waals surface area contributed by atoms with Crippen LogP contribution in [-0.4, -0.2) is 32.7 Å². The predicted octanol–water partition coefficient (Wildman–Crippen LogP) is 13.0. The smallest absolute Gasteiger partial charge is 0.168 e. The normalized spacial score (nSPS) is 12.3. The molecular formula is C52H52N4OSi. The second-order valence-corrected chi connectivity index (χ2v) is 23.5. The third kappa shape index (κ3) is 7.41. The second kappa shape index (κ2) is 14.7. The Morgan fingerprint density at radius 2 is 1.16 bits per heavy atom. The monoisotopic (exact) mass is 776 g/mol. The van der Waals surface area contributed by atoms with Crippen LogP contribution in [-0.2, 0) is 10.8 Å². The van der Waals surface area contributed by atoms with Crippen LogP contribution < -0.4 is 5.19 Å². The van der Waals surface area contributed by atoms with Crippen molar-refractivity contribution in [1.82, 2.24) is 19.5 Å². The highest BCUT2D eigenvalue weighted by Crippen LogP contribution is 2.43. The molecule has 0 spiro atoms. The zero-order valence-corrected chi connectivity index (χ0v) is 36.1. The van der Waals surface area contributed by atoms with Crippen LogP contribution in [0.4, 0.5) is 0 Å². The summed E-state index contributed by atoms with van der Waals surface area (Å²) in [5, 5.41) is 13.5. The van der Waals surface area contributed by atoms with Crippen LogP contribution in [0.1, 0.15) is 52.8 Å². The van der Waals surface area contributed by atoms with Gasteiger partial charge in [-0.1, -0.05) is 152 Å².